The molecule has 0 N–H and O–H groups in total. The fourth-order valence-electron chi connectivity index (χ4n) is 2.29. The van der Waals surface area contributed by atoms with E-state index in [4.69, 9.17) is 9.62 Å². The van der Waals surface area contributed by atoms with Crippen molar-refractivity contribution in [1.29, 1.82) is 0 Å². The summed E-state index contributed by atoms with van der Waals surface area (Å²) in [5.74, 6) is 0.426. The van der Waals surface area contributed by atoms with Crippen LogP contribution in [-0.4, -0.2) is 12.9 Å². The molecule has 0 aromatic rings. The van der Waals surface area contributed by atoms with Crippen molar-refractivity contribution in [3.63, 3.8) is 0 Å². The van der Waals surface area contributed by atoms with Crippen LogP contribution < -0.4 is 0 Å². The standard InChI is InChI=1S/C20H35O4P/c1-16(2)9-7-11-18(5)13-14-22-20(23-24-25-21)15-19(6)12-8-10-17(3)4/h9-10,13,19-20H,7-8,11-12,14-15H2,1-6H3. The topological polar surface area (TPSA) is 44.8 Å². The van der Waals surface area contributed by atoms with Gasteiger partial charge in [0.25, 0.3) is 0 Å². The SMILES string of the molecule is CC(C)=CCCC(C)=CCOC(CC(C)CCC=C(C)C)OOP=O. The molecule has 0 spiro atoms. The highest BCUT2D eigenvalue weighted by molar-refractivity contribution is 7.17. The van der Waals surface area contributed by atoms with Crippen molar-refractivity contribution in [2.24, 2.45) is 5.92 Å². The van der Waals surface area contributed by atoms with Crippen molar-refractivity contribution in [3.05, 3.63) is 34.9 Å². The summed E-state index contributed by atoms with van der Waals surface area (Å²) in [5.41, 5.74) is 3.96. The van der Waals surface area contributed by atoms with Crippen LogP contribution in [0.15, 0.2) is 34.9 Å². The summed E-state index contributed by atoms with van der Waals surface area (Å²) < 4.78 is 20.7. The zero-order valence-electron chi connectivity index (χ0n) is 16.7. The average Bonchev–Trinajstić information content (AvgIpc) is 2.51. The molecule has 2 unspecified atom stereocenters. The van der Waals surface area contributed by atoms with Crippen molar-refractivity contribution in [2.75, 3.05) is 6.61 Å². The van der Waals surface area contributed by atoms with Gasteiger partial charge in [0, 0.05) is 6.42 Å². The average molecular weight is 370 g/mol. The summed E-state index contributed by atoms with van der Waals surface area (Å²) in [6.45, 7) is 13.2. The second-order valence-electron chi connectivity index (χ2n) is 7.08. The molecular weight excluding hydrogens is 335 g/mol. The molecule has 0 fully saturated rings. The number of hydrogen-bond donors (Lipinski definition) is 0. The predicted octanol–water partition coefficient (Wildman–Crippen LogP) is 6.95. The summed E-state index contributed by atoms with van der Waals surface area (Å²) in [6, 6.07) is 0. The van der Waals surface area contributed by atoms with Gasteiger partial charge in [0.1, 0.15) is 0 Å². The van der Waals surface area contributed by atoms with Gasteiger partial charge < -0.3 is 4.74 Å². The molecule has 0 aliphatic carbocycles. The Bertz CT molecular complexity index is 447. The fraction of sp³-hybridized carbons (Fsp3) is 0.700. The summed E-state index contributed by atoms with van der Waals surface area (Å²) in [5, 5.41) is 0. The van der Waals surface area contributed by atoms with Crippen molar-refractivity contribution in [2.45, 2.75) is 79.9 Å². The fourth-order valence-corrected chi connectivity index (χ4v) is 2.42. The molecule has 0 aromatic carbocycles. The van der Waals surface area contributed by atoms with Crippen LogP contribution in [0.1, 0.15) is 73.6 Å². The van der Waals surface area contributed by atoms with Gasteiger partial charge in [0.05, 0.1) is 6.61 Å². The third-order valence-corrected chi connectivity index (χ3v) is 3.94. The van der Waals surface area contributed by atoms with Crippen LogP contribution in [0.25, 0.3) is 0 Å². The summed E-state index contributed by atoms with van der Waals surface area (Å²) in [7, 11) is -0.496. The monoisotopic (exact) mass is 370 g/mol. The van der Waals surface area contributed by atoms with E-state index < -0.39 is 15.0 Å². The number of rotatable bonds is 14. The van der Waals surface area contributed by atoms with E-state index in [0.717, 1.165) is 25.7 Å². The molecule has 4 nitrogen and oxygen atoms in total. The molecule has 0 aromatic heterocycles. The van der Waals surface area contributed by atoms with E-state index >= 15 is 0 Å². The van der Waals surface area contributed by atoms with Gasteiger partial charge in [-0.15, -0.1) is 4.67 Å². The van der Waals surface area contributed by atoms with Crippen LogP contribution in [0.4, 0.5) is 0 Å². The summed E-state index contributed by atoms with van der Waals surface area (Å²) in [6.07, 6.45) is 10.9. The maximum atomic E-state index is 10.5. The minimum absolute atomic E-state index is 0.426. The largest absolute Gasteiger partial charge is 0.358 e. The minimum atomic E-state index is -0.509. The van der Waals surface area contributed by atoms with E-state index in [1.54, 1.807) is 0 Å². The predicted molar refractivity (Wildman–Crippen MR) is 104 cm³/mol. The molecule has 0 saturated heterocycles. The quantitative estimate of drug-likeness (QED) is 0.109. The Kier molecular flexibility index (Phi) is 15.0. The van der Waals surface area contributed by atoms with E-state index in [-0.39, 0.29) is 0 Å². The molecule has 0 amide bonds. The van der Waals surface area contributed by atoms with Gasteiger partial charge in [-0.05, 0) is 66.2 Å². The van der Waals surface area contributed by atoms with Crippen LogP contribution in [0, 0.1) is 5.92 Å². The van der Waals surface area contributed by atoms with Crippen molar-refractivity contribution in [1.82, 2.24) is 0 Å². The van der Waals surface area contributed by atoms with Crippen LogP contribution >= 0.6 is 8.69 Å². The Hall–Kier alpha value is -0.800. The maximum Gasteiger partial charge on any atom is 0.358 e. The van der Waals surface area contributed by atoms with Crippen LogP contribution in [0.5, 0.6) is 0 Å². The van der Waals surface area contributed by atoms with Crippen molar-refractivity contribution in [3.8, 4) is 0 Å². The molecule has 144 valence electrons. The van der Waals surface area contributed by atoms with Gasteiger partial charge in [-0.2, -0.15) is 4.89 Å². The van der Waals surface area contributed by atoms with Crippen molar-refractivity contribution >= 4 is 8.69 Å². The van der Waals surface area contributed by atoms with E-state index in [2.05, 4.69) is 64.4 Å². The molecule has 0 aliphatic rings. The van der Waals surface area contributed by atoms with Gasteiger partial charge in [-0.1, -0.05) is 41.9 Å². The van der Waals surface area contributed by atoms with E-state index in [1.165, 1.54) is 16.7 Å². The lowest BCUT2D eigenvalue weighted by Gasteiger charge is -2.18. The normalized spacial score (nSPS) is 14.2. The number of ether oxygens (including phenoxy) is 1. The Morgan fingerprint density at radius 3 is 2.24 bits per heavy atom. The Labute approximate surface area is 155 Å². The lowest BCUT2D eigenvalue weighted by Crippen LogP contribution is -2.19. The summed E-state index contributed by atoms with van der Waals surface area (Å²) in [4.78, 5) is 5.08. The molecule has 2 atom stereocenters. The van der Waals surface area contributed by atoms with Crippen LogP contribution in [0.3, 0.4) is 0 Å². The molecular formula is C20H35O4P. The van der Waals surface area contributed by atoms with Gasteiger partial charge in [0.2, 0.25) is 0 Å². The highest BCUT2D eigenvalue weighted by Gasteiger charge is 2.15. The van der Waals surface area contributed by atoms with E-state index in [9.17, 15) is 4.57 Å². The lowest BCUT2D eigenvalue weighted by molar-refractivity contribution is -0.316. The molecule has 0 aliphatic heterocycles. The van der Waals surface area contributed by atoms with Gasteiger partial charge in [0.15, 0.2) is 6.29 Å². The minimum Gasteiger partial charge on any atom is -0.346 e. The zero-order valence-corrected chi connectivity index (χ0v) is 17.6. The maximum absolute atomic E-state index is 10.5. The lowest BCUT2D eigenvalue weighted by atomic mass is 10.0. The smallest absolute Gasteiger partial charge is 0.346 e. The zero-order chi connectivity index (χ0) is 19.1. The molecule has 5 heteroatoms. The number of hydrogen-bond acceptors (Lipinski definition) is 4. The van der Waals surface area contributed by atoms with Crippen LogP contribution in [-0.2, 0) is 18.9 Å². The first kappa shape index (κ1) is 24.2. The molecule has 0 rings (SSSR count). The molecule has 0 heterocycles. The second-order valence-corrected chi connectivity index (χ2v) is 7.38. The molecule has 0 saturated carbocycles. The van der Waals surface area contributed by atoms with Gasteiger partial charge in [-0.3, -0.25) is 0 Å². The van der Waals surface area contributed by atoms with Gasteiger partial charge >= 0.3 is 8.69 Å². The van der Waals surface area contributed by atoms with E-state index in [0.29, 0.717) is 18.9 Å². The Morgan fingerprint density at radius 2 is 1.64 bits per heavy atom. The first-order valence-electron chi connectivity index (χ1n) is 9.04. The Balaban J connectivity index is 4.30. The van der Waals surface area contributed by atoms with Gasteiger partial charge in [-0.25, -0.2) is 4.57 Å². The van der Waals surface area contributed by atoms with E-state index in [1.807, 2.05) is 0 Å². The second kappa shape index (κ2) is 15.5. The molecule has 0 bridgehead atoms. The van der Waals surface area contributed by atoms with Crippen molar-refractivity contribution < 1.29 is 18.9 Å². The molecule has 25 heavy (non-hydrogen) atoms. The first-order chi connectivity index (χ1) is 11.8. The Morgan fingerprint density at radius 1 is 1.00 bits per heavy atom. The number of allylic oxidation sites excluding steroid dienone is 5. The highest BCUT2D eigenvalue weighted by Crippen LogP contribution is 2.18. The third-order valence-electron chi connectivity index (χ3n) is 3.79. The summed E-state index contributed by atoms with van der Waals surface area (Å²) >= 11 is 0. The first-order valence-corrected chi connectivity index (χ1v) is 9.77. The highest BCUT2D eigenvalue weighted by atomic mass is 31.1. The molecule has 0 radical (unpaired) electrons. The third kappa shape index (κ3) is 16.4. The van der Waals surface area contributed by atoms with Crippen LogP contribution in [0.2, 0.25) is 0 Å².